The first-order valence-corrected chi connectivity index (χ1v) is 14.9. The highest BCUT2D eigenvalue weighted by atomic mass is 28.4. The maximum atomic E-state index is 6.61. The molecular formula is C18H38O3Si2. The molecule has 0 spiro atoms. The van der Waals surface area contributed by atoms with Crippen molar-refractivity contribution in [1.82, 2.24) is 0 Å². The lowest BCUT2D eigenvalue weighted by Gasteiger charge is -2.34. The third kappa shape index (κ3) is 15.1. The van der Waals surface area contributed by atoms with Crippen LogP contribution in [-0.4, -0.2) is 43.1 Å². The monoisotopic (exact) mass is 358 g/mol. The van der Waals surface area contributed by atoms with Crippen molar-refractivity contribution in [2.45, 2.75) is 65.0 Å². The molecule has 0 N–H and O–H groups in total. The van der Waals surface area contributed by atoms with E-state index in [2.05, 4.69) is 39.3 Å². The number of ether oxygens (including phenoxy) is 2. The topological polar surface area (TPSA) is 27.7 Å². The Morgan fingerprint density at radius 2 is 1.09 bits per heavy atom. The van der Waals surface area contributed by atoms with E-state index in [0.29, 0.717) is 13.2 Å². The molecule has 0 aliphatic rings. The predicted octanol–water partition coefficient (Wildman–Crippen LogP) is 5.38. The SMILES string of the molecule is C=C(C)COCCC[Si](C)(C)O[Si](C)(C)CCCOCC(=C)C. The molecule has 5 heteroatoms. The second-order valence-electron chi connectivity index (χ2n) is 7.85. The van der Waals surface area contributed by atoms with E-state index in [1.165, 1.54) is 0 Å². The Morgan fingerprint density at radius 3 is 1.39 bits per heavy atom. The summed E-state index contributed by atoms with van der Waals surface area (Å²) in [5, 5.41) is 0. The minimum absolute atomic E-state index is 0.674. The van der Waals surface area contributed by atoms with Crippen LogP contribution < -0.4 is 0 Å². The molecule has 0 atom stereocenters. The fourth-order valence-electron chi connectivity index (χ4n) is 2.54. The van der Waals surface area contributed by atoms with Crippen LogP contribution in [0.1, 0.15) is 26.7 Å². The maximum Gasteiger partial charge on any atom is 0.173 e. The Bertz CT molecular complexity index is 331. The van der Waals surface area contributed by atoms with Gasteiger partial charge in [-0.2, -0.15) is 0 Å². The van der Waals surface area contributed by atoms with Crippen molar-refractivity contribution < 1.29 is 13.6 Å². The zero-order valence-corrected chi connectivity index (χ0v) is 18.3. The van der Waals surface area contributed by atoms with Crippen molar-refractivity contribution in [3.8, 4) is 0 Å². The highest BCUT2D eigenvalue weighted by Gasteiger charge is 2.32. The summed E-state index contributed by atoms with van der Waals surface area (Å²) < 4.78 is 17.8. The molecule has 0 saturated carbocycles. The zero-order chi connectivity index (χ0) is 17.9. The molecule has 0 aliphatic carbocycles. The average molecular weight is 359 g/mol. The molecule has 0 aromatic rings. The van der Waals surface area contributed by atoms with Crippen molar-refractivity contribution in [1.29, 1.82) is 0 Å². The first kappa shape index (κ1) is 22.8. The average Bonchev–Trinajstić information content (AvgIpc) is 2.35. The van der Waals surface area contributed by atoms with Crippen LogP contribution in [0.3, 0.4) is 0 Å². The van der Waals surface area contributed by atoms with E-state index in [1.54, 1.807) is 0 Å². The smallest absolute Gasteiger partial charge is 0.173 e. The minimum atomic E-state index is -1.60. The van der Waals surface area contributed by atoms with Gasteiger partial charge >= 0.3 is 0 Å². The lowest BCUT2D eigenvalue weighted by atomic mass is 10.4. The summed E-state index contributed by atoms with van der Waals surface area (Å²) in [5.74, 6) is 0. The first-order valence-electron chi connectivity index (χ1n) is 8.68. The lowest BCUT2D eigenvalue weighted by Crippen LogP contribution is -2.44. The van der Waals surface area contributed by atoms with E-state index in [-0.39, 0.29) is 0 Å². The van der Waals surface area contributed by atoms with Crippen LogP contribution in [-0.2, 0) is 13.6 Å². The van der Waals surface area contributed by atoms with E-state index >= 15 is 0 Å². The molecule has 0 aromatic carbocycles. The standard InChI is InChI=1S/C18H38O3Si2/c1-17(2)15-19-11-9-13-22(5,6)21-23(7,8)14-10-12-20-16-18(3)4/h1,3,9-16H2,2,4-8H3. The summed E-state index contributed by atoms with van der Waals surface area (Å²) in [6.45, 7) is 24.0. The molecular weight excluding hydrogens is 320 g/mol. The van der Waals surface area contributed by atoms with Gasteiger partial charge in [0.15, 0.2) is 16.6 Å². The van der Waals surface area contributed by atoms with Gasteiger partial charge in [0, 0.05) is 13.2 Å². The molecule has 0 aromatic heterocycles. The molecule has 0 fully saturated rings. The van der Waals surface area contributed by atoms with Gasteiger partial charge in [0.1, 0.15) is 0 Å². The van der Waals surface area contributed by atoms with E-state index in [1.807, 2.05) is 13.8 Å². The molecule has 0 saturated heterocycles. The van der Waals surface area contributed by atoms with Gasteiger partial charge in [0.05, 0.1) is 13.2 Å². The first-order chi connectivity index (χ1) is 10.5. The van der Waals surface area contributed by atoms with Crippen LogP contribution in [0.25, 0.3) is 0 Å². The largest absolute Gasteiger partial charge is 0.455 e. The molecule has 23 heavy (non-hydrogen) atoms. The van der Waals surface area contributed by atoms with Crippen LogP contribution in [0, 0.1) is 0 Å². The molecule has 0 rings (SSSR count). The Kier molecular flexibility index (Phi) is 11.3. The van der Waals surface area contributed by atoms with Crippen LogP contribution in [0.5, 0.6) is 0 Å². The van der Waals surface area contributed by atoms with Gasteiger partial charge in [-0.15, -0.1) is 0 Å². The molecule has 0 unspecified atom stereocenters. The summed E-state index contributed by atoms with van der Waals surface area (Å²) >= 11 is 0. The summed E-state index contributed by atoms with van der Waals surface area (Å²) in [5.41, 5.74) is 2.17. The van der Waals surface area contributed by atoms with Crippen molar-refractivity contribution in [3.05, 3.63) is 24.3 Å². The van der Waals surface area contributed by atoms with Crippen molar-refractivity contribution in [3.63, 3.8) is 0 Å². The third-order valence-corrected chi connectivity index (χ3v) is 10.9. The molecule has 0 amide bonds. The summed E-state index contributed by atoms with van der Waals surface area (Å²) in [4.78, 5) is 0. The van der Waals surface area contributed by atoms with Crippen molar-refractivity contribution in [2.24, 2.45) is 0 Å². The predicted molar refractivity (Wildman–Crippen MR) is 106 cm³/mol. The van der Waals surface area contributed by atoms with Gasteiger partial charge in [-0.3, -0.25) is 0 Å². The van der Waals surface area contributed by atoms with Gasteiger partial charge in [0.25, 0.3) is 0 Å². The quantitative estimate of drug-likeness (QED) is 0.237. The fraction of sp³-hybridized carbons (Fsp3) is 0.778. The Morgan fingerprint density at radius 1 is 0.739 bits per heavy atom. The van der Waals surface area contributed by atoms with Crippen LogP contribution >= 0.6 is 0 Å². The molecule has 136 valence electrons. The summed E-state index contributed by atoms with van der Waals surface area (Å²) in [7, 11) is -3.20. The van der Waals surface area contributed by atoms with E-state index in [0.717, 1.165) is 49.3 Å². The molecule has 0 aliphatic heterocycles. The molecule has 0 heterocycles. The Hall–Kier alpha value is -0.206. The minimum Gasteiger partial charge on any atom is -0.455 e. The Balaban J connectivity index is 3.94. The van der Waals surface area contributed by atoms with Crippen LogP contribution in [0.2, 0.25) is 38.3 Å². The van der Waals surface area contributed by atoms with Gasteiger partial charge < -0.3 is 13.6 Å². The van der Waals surface area contributed by atoms with Crippen molar-refractivity contribution >= 4 is 16.6 Å². The zero-order valence-electron chi connectivity index (χ0n) is 16.3. The van der Waals surface area contributed by atoms with Crippen LogP contribution in [0.4, 0.5) is 0 Å². The second-order valence-corrected chi connectivity index (χ2v) is 16.7. The summed E-state index contributed by atoms with van der Waals surface area (Å²) in [6.07, 6.45) is 2.16. The number of rotatable bonds is 14. The summed E-state index contributed by atoms with van der Waals surface area (Å²) in [6, 6.07) is 2.32. The molecule has 3 nitrogen and oxygen atoms in total. The van der Waals surface area contributed by atoms with Crippen LogP contribution in [0.15, 0.2) is 24.3 Å². The van der Waals surface area contributed by atoms with Gasteiger partial charge in [-0.25, -0.2) is 0 Å². The van der Waals surface area contributed by atoms with E-state index in [4.69, 9.17) is 13.6 Å². The van der Waals surface area contributed by atoms with Gasteiger partial charge in [0.2, 0.25) is 0 Å². The van der Waals surface area contributed by atoms with Crippen molar-refractivity contribution in [2.75, 3.05) is 26.4 Å². The van der Waals surface area contributed by atoms with Gasteiger partial charge in [-0.1, -0.05) is 24.3 Å². The van der Waals surface area contributed by atoms with Gasteiger partial charge in [-0.05, 0) is 65.0 Å². The van der Waals surface area contributed by atoms with E-state index in [9.17, 15) is 0 Å². The maximum absolute atomic E-state index is 6.61. The Labute approximate surface area is 146 Å². The lowest BCUT2D eigenvalue weighted by molar-refractivity contribution is 0.155. The fourth-order valence-corrected chi connectivity index (χ4v) is 11.3. The highest BCUT2D eigenvalue weighted by molar-refractivity contribution is 6.84. The van der Waals surface area contributed by atoms with E-state index < -0.39 is 16.6 Å². The highest BCUT2D eigenvalue weighted by Crippen LogP contribution is 2.23. The molecule has 0 bridgehead atoms. The normalized spacial score (nSPS) is 12.4. The number of hydrogen-bond donors (Lipinski definition) is 0. The second kappa shape index (κ2) is 11.4. The third-order valence-electron chi connectivity index (χ3n) is 3.38. The number of hydrogen-bond acceptors (Lipinski definition) is 3. The molecule has 0 radical (unpaired) electrons.